The van der Waals surface area contributed by atoms with Gasteiger partial charge in [0.25, 0.3) is 5.91 Å². The number of rotatable bonds is 8. The number of hydrogen-bond donors (Lipinski definition) is 1. The largest absolute Gasteiger partial charge is 0.489 e. The third kappa shape index (κ3) is 6.13. The minimum atomic E-state index is -0.631. The Morgan fingerprint density at radius 3 is 2.26 bits per heavy atom. The predicted octanol–water partition coefficient (Wildman–Crippen LogP) is 3.81. The lowest BCUT2D eigenvalue weighted by molar-refractivity contribution is -0.130. The van der Waals surface area contributed by atoms with Crippen molar-refractivity contribution in [1.29, 1.82) is 0 Å². The van der Waals surface area contributed by atoms with Crippen LogP contribution in [0.2, 0.25) is 0 Å². The molecule has 1 aliphatic heterocycles. The molecule has 0 saturated carbocycles. The molecule has 0 atom stereocenters. The molecule has 1 saturated heterocycles. The molecule has 0 spiro atoms. The SMILES string of the molecule is O=C(NCC(=O)N1CCN(c2ccc(OCc3ccccc3)cc2)CC1)c1cccc(CF)c1. The first kappa shape index (κ1) is 23.3. The molecular formula is C27H28FN3O3. The van der Waals surface area contributed by atoms with Crippen LogP contribution in [0.3, 0.4) is 0 Å². The third-order valence-corrected chi connectivity index (χ3v) is 5.83. The molecule has 2 amide bonds. The van der Waals surface area contributed by atoms with E-state index in [0.29, 0.717) is 43.9 Å². The van der Waals surface area contributed by atoms with Crippen molar-refractivity contribution >= 4 is 17.5 Å². The summed E-state index contributed by atoms with van der Waals surface area (Å²) in [5.41, 5.74) is 2.99. The van der Waals surface area contributed by atoms with Crippen LogP contribution in [0.5, 0.6) is 5.75 Å². The maximum Gasteiger partial charge on any atom is 0.251 e. The summed E-state index contributed by atoms with van der Waals surface area (Å²) in [7, 11) is 0. The van der Waals surface area contributed by atoms with Crippen LogP contribution in [0.1, 0.15) is 21.5 Å². The Balaban J connectivity index is 1.21. The summed E-state index contributed by atoms with van der Waals surface area (Å²) in [5, 5.41) is 2.64. The Bertz CT molecular complexity index is 1100. The molecule has 6 nitrogen and oxygen atoms in total. The first-order valence-electron chi connectivity index (χ1n) is 11.3. The Morgan fingerprint density at radius 1 is 0.853 bits per heavy atom. The van der Waals surface area contributed by atoms with Crippen LogP contribution in [0.4, 0.5) is 10.1 Å². The molecule has 7 heteroatoms. The summed E-state index contributed by atoms with van der Waals surface area (Å²) < 4.78 is 18.6. The number of carbonyl (C=O) groups is 2. The molecule has 3 aromatic carbocycles. The summed E-state index contributed by atoms with van der Waals surface area (Å²) in [6, 6.07) is 24.4. The number of nitrogens with zero attached hydrogens (tertiary/aromatic N) is 2. The molecule has 0 aliphatic carbocycles. The van der Waals surface area contributed by atoms with E-state index in [0.717, 1.165) is 17.0 Å². The number of amides is 2. The van der Waals surface area contributed by atoms with E-state index in [1.165, 1.54) is 6.07 Å². The van der Waals surface area contributed by atoms with Gasteiger partial charge in [0.1, 0.15) is 19.0 Å². The summed E-state index contributed by atoms with van der Waals surface area (Å²) in [6.07, 6.45) is 0. The fourth-order valence-electron chi connectivity index (χ4n) is 3.87. The van der Waals surface area contributed by atoms with Gasteiger partial charge in [0.05, 0.1) is 6.54 Å². The van der Waals surface area contributed by atoms with Crippen molar-refractivity contribution in [2.24, 2.45) is 0 Å². The van der Waals surface area contributed by atoms with Gasteiger partial charge < -0.3 is 19.9 Å². The van der Waals surface area contributed by atoms with E-state index in [4.69, 9.17) is 4.74 Å². The smallest absolute Gasteiger partial charge is 0.251 e. The van der Waals surface area contributed by atoms with E-state index < -0.39 is 6.67 Å². The standard InChI is InChI=1S/C27H28FN3O3/c28-18-22-7-4-8-23(17-22)27(33)29-19-26(32)31-15-13-30(14-16-31)24-9-11-25(12-10-24)34-20-21-5-2-1-3-6-21/h1-12,17H,13-16,18-20H2,(H,29,33). The molecule has 176 valence electrons. The lowest BCUT2D eigenvalue weighted by Crippen LogP contribution is -2.51. The number of nitrogens with one attached hydrogen (secondary N) is 1. The van der Waals surface area contributed by atoms with Crippen molar-refractivity contribution in [2.45, 2.75) is 13.3 Å². The lowest BCUT2D eigenvalue weighted by atomic mass is 10.1. The highest BCUT2D eigenvalue weighted by molar-refractivity contribution is 5.96. The number of ether oxygens (including phenoxy) is 1. The van der Waals surface area contributed by atoms with Crippen LogP contribution in [0.25, 0.3) is 0 Å². The van der Waals surface area contributed by atoms with Gasteiger partial charge >= 0.3 is 0 Å². The lowest BCUT2D eigenvalue weighted by Gasteiger charge is -2.36. The van der Waals surface area contributed by atoms with Crippen LogP contribution in [-0.4, -0.2) is 49.4 Å². The highest BCUT2D eigenvalue weighted by atomic mass is 19.1. The summed E-state index contributed by atoms with van der Waals surface area (Å²) in [6.45, 7) is 2.40. The highest BCUT2D eigenvalue weighted by Gasteiger charge is 2.22. The topological polar surface area (TPSA) is 61.9 Å². The van der Waals surface area contributed by atoms with E-state index in [1.807, 2.05) is 54.6 Å². The van der Waals surface area contributed by atoms with Gasteiger partial charge in [-0.05, 0) is 47.5 Å². The molecule has 1 aliphatic rings. The number of halogens is 1. The molecule has 4 rings (SSSR count). The normalized spacial score (nSPS) is 13.4. The zero-order chi connectivity index (χ0) is 23.8. The zero-order valence-electron chi connectivity index (χ0n) is 19.0. The van der Waals surface area contributed by atoms with Crippen molar-refractivity contribution in [3.05, 3.63) is 95.6 Å². The van der Waals surface area contributed by atoms with Crippen LogP contribution in [0, 0.1) is 0 Å². The number of piperazine rings is 1. The van der Waals surface area contributed by atoms with E-state index in [9.17, 15) is 14.0 Å². The second-order valence-electron chi connectivity index (χ2n) is 8.15. The number of carbonyl (C=O) groups excluding carboxylic acids is 2. The van der Waals surface area contributed by atoms with Crippen LogP contribution < -0.4 is 15.0 Å². The minimum absolute atomic E-state index is 0.0772. The second-order valence-corrected chi connectivity index (χ2v) is 8.15. The first-order chi connectivity index (χ1) is 16.6. The maximum atomic E-state index is 12.8. The van der Waals surface area contributed by atoms with Crippen molar-refractivity contribution in [2.75, 3.05) is 37.6 Å². The zero-order valence-corrected chi connectivity index (χ0v) is 19.0. The number of hydrogen-bond acceptors (Lipinski definition) is 4. The van der Waals surface area contributed by atoms with E-state index in [1.54, 1.807) is 23.1 Å². The summed E-state index contributed by atoms with van der Waals surface area (Å²) in [5.74, 6) is 0.311. The summed E-state index contributed by atoms with van der Waals surface area (Å²) >= 11 is 0. The van der Waals surface area contributed by atoms with Gasteiger partial charge in [-0.3, -0.25) is 9.59 Å². The second kappa shape index (κ2) is 11.3. The van der Waals surface area contributed by atoms with Crippen molar-refractivity contribution < 1.29 is 18.7 Å². The van der Waals surface area contributed by atoms with E-state index in [-0.39, 0.29) is 18.4 Å². The van der Waals surface area contributed by atoms with Crippen molar-refractivity contribution in [3.63, 3.8) is 0 Å². The minimum Gasteiger partial charge on any atom is -0.489 e. The fourth-order valence-corrected chi connectivity index (χ4v) is 3.87. The fraction of sp³-hybridized carbons (Fsp3) is 0.259. The molecular weight excluding hydrogens is 433 g/mol. The predicted molar refractivity (Wildman–Crippen MR) is 130 cm³/mol. The molecule has 0 aromatic heterocycles. The first-order valence-corrected chi connectivity index (χ1v) is 11.3. The number of benzene rings is 3. The van der Waals surface area contributed by atoms with Crippen molar-refractivity contribution in [3.8, 4) is 5.75 Å². The molecule has 1 N–H and O–H groups in total. The van der Waals surface area contributed by atoms with Gasteiger partial charge in [-0.25, -0.2) is 4.39 Å². The number of anilines is 1. The molecule has 1 fully saturated rings. The van der Waals surface area contributed by atoms with Gasteiger partial charge in [-0.15, -0.1) is 0 Å². The Hall–Kier alpha value is -3.87. The Kier molecular flexibility index (Phi) is 7.75. The van der Waals surface area contributed by atoms with Gasteiger partial charge in [0.2, 0.25) is 5.91 Å². The quantitative estimate of drug-likeness (QED) is 0.554. The third-order valence-electron chi connectivity index (χ3n) is 5.83. The van der Waals surface area contributed by atoms with E-state index in [2.05, 4.69) is 10.2 Å². The number of alkyl halides is 1. The molecule has 34 heavy (non-hydrogen) atoms. The molecule has 3 aromatic rings. The van der Waals surface area contributed by atoms with E-state index >= 15 is 0 Å². The average Bonchev–Trinajstić information content (AvgIpc) is 2.91. The molecule has 0 unspecified atom stereocenters. The maximum absolute atomic E-state index is 12.8. The Morgan fingerprint density at radius 2 is 1.56 bits per heavy atom. The van der Waals surface area contributed by atoms with Crippen LogP contribution >= 0.6 is 0 Å². The molecule has 1 heterocycles. The van der Waals surface area contributed by atoms with Gasteiger partial charge in [0, 0.05) is 37.4 Å². The average molecular weight is 462 g/mol. The van der Waals surface area contributed by atoms with Crippen LogP contribution in [0.15, 0.2) is 78.9 Å². The van der Waals surface area contributed by atoms with Crippen molar-refractivity contribution in [1.82, 2.24) is 10.2 Å². The van der Waals surface area contributed by atoms with Gasteiger partial charge in [-0.1, -0.05) is 42.5 Å². The van der Waals surface area contributed by atoms with Crippen LogP contribution in [-0.2, 0) is 18.1 Å². The van der Waals surface area contributed by atoms with Gasteiger partial charge in [-0.2, -0.15) is 0 Å². The van der Waals surface area contributed by atoms with Gasteiger partial charge in [0.15, 0.2) is 0 Å². The molecule has 0 bridgehead atoms. The monoisotopic (exact) mass is 461 g/mol. The summed E-state index contributed by atoms with van der Waals surface area (Å²) in [4.78, 5) is 28.8. The Labute approximate surface area is 198 Å². The molecule has 0 radical (unpaired) electrons. The highest BCUT2D eigenvalue weighted by Crippen LogP contribution is 2.21.